The Morgan fingerprint density at radius 3 is 2.81 bits per heavy atom. The third-order valence-corrected chi connectivity index (χ3v) is 4.44. The summed E-state index contributed by atoms with van der Waals surface area (Å²) in [5, 5.41) is 6.27. The summed E-state index contributed by atoms with van der Waals surface area (Å²) < 4.78 is 5.21. The molecule has 1 unspecified atom stereocenters. The molecule has 1 saturated heterocycles. The molecule has 0 aliphatic carbocycles. The van der Waals surface area contributed by atoms with Gasteiger partial charge in [0.2, 0.25) is 5.91 Å². The Labute approximate surface area is 127 Å². The SMILES string of the molecule is CC(NCC1(C)CCN(C)CC1)C(=O)NCc1ccco1. The van der Waals surface area contributed by atoms with Crippen LogP contribution in [0.3, 0.4) is 0 Å². The quantitative estimate of drug-likeness (QED) is 0.836. The molecule has 0 aromatic carbocycles. The standard InChI is InChI=1S/C16H27N3O2/c1-13(15(20)17-11-14-5-4-10-21-14)18-12-16(2)6-8-19(3)9-7-16/h4-5,10,13,18H,6-9,11-12H2,1-3H3,(H,17,20). The number of amides is 1. The summed E-state index contributed by atoms with van der Waals surface area (Å²) in [6, 6.07) is 3.50. The van der Waals surface area contributed by atoms with E-state index in [4.69, 9.17) is 4.42 Å². The van der Waals surface area contributed by atoms with Crippen molar-refractivity contribution in [3.63, 3.8) is 0 Å². The van der Waals surface area contributed by atoms with Crippen molar-refractivity contribution >= 4 is 5.91 Å². The molecule has 2 heterocycles. The molecule has 1 amide bonds. The number of carbonyl (C=O) groups excluding carboxylic acids is 1. The van der Waals surface area contributed by atoms with Crippen LogP contribution in [0.25, 0.3) is 0 Å². The second kappa shape index (κ2) is 7.09. The molecule has 0 bridgehead atoms. The average molecular weight is 293 g/mol. The van der Waals surface area contributed by atoms with Gasteiger partial charge in [0.1, 0.15) is 5.76 Å². The lowest BCUT2D eigenvalue weighted by Gasteiger charge is -2.38. The molecule has 5 heteroatoms. The molecular formula is C16H27N3O2. The van der Waals surface area contributed by atoms with Crippen molar-refractivity contribution in [3.05, 3.63) is 24.2 Å². The van der Waals surface area contributed by atoms with Crippen LogP contribution in [0.5, 0.6) is 0 Å². The highest BCUT2D eigenvalue weighted by atomic mass is 16.3. The van der Waals surface area contributed by atoms with E-state index in [0.717, 1.165) is 25.4 Å². The Hall–Kier alpha value is -1.33. The molecule has 2 rings (SSSR count). The van der Waals surface area contributed by atoms with Crippen molar-refractivity contribution in [1.82, 2.24) is 15.5 Å². The van der Waals surface area contributed by atoms with Crippen LogP contribution in [0, 0.1) is 5.41 Å². The molecule has 0 saturated carbocycles. The van der Waals surface area contributed by atoms with Crippen molar-refractivity contribution in [1.29, 1.82) is 0 Å². The summed E-state index contributed by atoms with van der Waals surface area (Å²) >= 11 is 0. The van der Waals surface area contributed by atoms with Crippen LogP contribution in [0.2, 0.25) is 0 Å². The normalized spacial score (nSPS) is 20.1. The zero-order valence-electron chi connectivity index (χ0n) is 13.3. The van der Waals surface area contributed by atoms with Crippen molar-refractivity contribution in [2.75, 3.05) is 26.7 Å². The fourth-order valence-electron chi connectivity index (χ4n) is 2.57. The van der Waals surface area contributed by atoms with E-state index >= 15 is 0 Å². The van der Waals surface area contributed by atoms with Gasteiger partial charge in [0.05, 0.1) is 18.8 Å². The molecule has 1 fully saturated rings. The molecule has 1 aromatic heterocycles. The molecule has 1 aliphatic heterocycles. The smallest absolute Gasteiger partial charge is 0.237 e. The molecule has 118 valence electrons. The molecule has 0 radical (unpaired) electrons. The largest absolute Gasteiger partial charge is 0.467 e. The van der Waals surface area contributed by atoms with Crippen LogP contribution >= 0.6 is 0 Å². The molecule has 5 nitrogen and oxygen atoms in total. The molecule has 2 N–H and O–H groups in total. The third-order valence-electron chi connectivity index (χ3n) is 4.44. The first-order chi connectivity index (χ1) is 9.98. The van der Waals surface area contributed by atoms with Gasteiger partial charge in [0.25, 0.3) is 0 Å². The Balaban J connectivity index is 1.70. The number of furan rings is 1. The number of nitrogens with one attached hydrogen (secondary N) is 2. The minimum absolute atomic E-state index is 0.0166. The predicted molar refractivity (Wildman–Crippen MR) is 82.9 cm³/mol. The summed E-state index contributed by atoms with van der Waals surface area (Å²) in [5.74, 6) is 0.792. The lowest BCUT2D eigenvalue weighted by molar-refractivity contribution is -0.123. The molecule has 1 aromatic rings. The summed E-state index contributed by atoms with van der Waals surface area (Å²) in [6.45, 7) is 7.82. The first-order valence-electron chi connectivity index (χ1n) is 7.70. The van der Waals surface area contributed by atoms with Gasteiger partial charge in [0.15, 0.2) is 0 Å². The monoisotopic (exact) mass is 293 g/mol. The first-order valence-corrected chi connectivity index (χ1v) is 7.70. The van der Waals surface area contributed by atoms with Gasteiger partial charge in [-0.1, -0.05) is 6.92 Å². The van der Waals surface area contributed by atoms with Crippen LogP contribution in [0.15, 0.2) is 22.8 Å². The van der Waals surface area contributed by atoms with Gasteiger partial charge in [-0.05, 0) is 57.5 Å². The zero-order valence-corrected chi connectivity index (χ0v) is 13.3. The Bertz CT molecular complexity index is 436. The predicted octanol–water partition coefficient (Wildman–Crippen LogP) is 1.61. The summed E-state index contributed by atoms with van der Waals surface area (Å²) in [7, 11) is 2.16. The van der Waals surface area contributed by atoms with E-state index in [1.807, 2.05) is 19.1 Å². The number of likely N-dealkylation sites (tertiary alicyclic amines) is 1. The number of hydrogen-bond acceptors (Lipinski definition) is 4. The maximum absolute atomic E-state index is 12.0. The number of hydrogen-bond donors (Lipinski definition) is 2. The van der Waals surface area contributed by atoms with Crippen LogP contribution in [-0.4, -0.2) is 43.5 Å². The van der Waals surface area contributed by atoms with Crippen LogP contribution < -0.4 is 10.6 Å². The molecular weight excluding hydrogens is 266 g/mol. The van der Waals surface area contributed by atoms with Crippen molar-refractivity contribution in [2.45, 2.75) is 39.3 Å². The van der Waals surface area contributed by atoms with Gasteiger partial charge in [0, 0.05) is 6.54 Å². The summed E-state index contributed by atoms with van der Waals surface area (Å²) in [4.78, 5) is 14.4. The van der Waals surface area contributed by atoms with Crippen LogP contribution in [-0.2, 0) is 11.3 Å². The van der Waals surface area contributed by atoms with E-state index in [9.17, 15) is 4.79 Å². The van der Waals surface area contributed by atoms with Crippen molar-refractivity contribution in [3.8, 4) is 0 Å². The molecule has 21 heavy (non-hydrogen) atoms. The minimum Gasteiger partial charge on any atom is -0.467 e. The number of carbonyl (C=O) groups is 1. The van der Waals surface area contributed by atoms with Gasteiger partial charge in [-0.3, -0.25) is 4.79 Å². The summed E-state index contributed by atoms with van der Waals surface area (Å²) in [6.07, 6.45) is 3.97. The maximum Gasteiger partial charge on any atom is 0.237 e. The number of nitrogens with zero attached hydrogens (tertiary/aromatic N) is 1. The fraction of sp³-hybridized carbons (Fsp3) is 0.688. The topological polar surface area (TPSA) is 57.5 Å². The van der Waals surface area contributed by atoms with Crippen molar-refractivity contribution in [2.24, 2.45) is 5.41 Å². The van der Waals surface area contributed by atoms with E-state index in [1.54, 1.807) is 6.26 Å². The van der Waals surface area contributed by atoms with Gasteiger partial charge in [-0.2, -0.15) is 0 Å². The van der Waals surface area contributed by atoms with Crippen molar-refractivity contribution < 1.29 is 9.21 Å². The number of rotatable bonds is 6. The lowest BCUT2D eigenvalue weighted by atomic mass is 9.80. The second-order valence-electron chi connectivity index (χ2n) is 6.51. The first kappa shape index (κ1) is 16.0. The van der Waals surface area contributed by atoms with E-state index in [1.165, 1.54) is 12.8 Å². The van der Waals surface area contributed by atoms with Gasteiger partial charge >= 0.3 is 0 Å². The molecule has 1 atom stereocenters. The molecule has 0 spiro atoms. The van der Waals surface area contributed by atoms with E-state index in [-0.39, 0.29) is 11.9 Å². The Morgan fingerprint density at radius 2 is 2.19 bits per heavy atom. The lowest BCUT2D eigenvalue weighted by Crippen LogP contribution is -2.48. The van der Waals surface area contributed by atoms with E-state index < -0.39 is 0 Å². The molecule has 1 aliphatic rings. The zero-order chi connectivity index (χ0) is 15.3. The number of piperidine rings is 1. The van der Waals surface area contributed by atoms with Gasteiger partial charge < -0.3 is 20.0 Å². The highest BCUT2D eigenvalue weighted by Crippen LogP contribution is 2.29. The second-order valence-corrected chi connectivity index (χ2v) is 6.51. The van der Waals surface area contributed by atoms with E-state index in [0.29, 0.717) is 12.0 Å². The highest BCUT2D eigenvalue weighted by molar-refractivity contribution is 5.81. The van der Waals surface area contributed by atoms with Gasteiger partial charge in [-0.25, -0.2) is 0 Å². The third kappa shape index (κ3) is 4.86. The Kier molecular flexibility index (Phi) is 5.42. The van der Waals surface area contributed by atoms with Gasteiger partial charge in [-0.15, -0.1) is 0 Å². The highest BCUT2D eigenvalue weighted by Gasteiger charge is 2.29. The Morgan fingerprint density at radius 1 is 1.48 bits per heavy atom. The summed E-state index contributed by atoms with van der Waals surface area (Å²) in [5.41, 5.74) is 0.294. The van der Waals surface area contributed by atoms with Crippen LogP contribution in [0.1, 0.15) is 32.4 Å². The van der Waals surface area contributed by atoms with E-state index in [2.05, 4.69) is 29.5 Å². The minimum atomic E-state index is -0.184. The fourth-order valence-corrected chi connectivity index (χ4v) is 2.57. The maximum atomic E-state index is 12.0. The van der Waals surface area contributed by atoms with Crippen LogP contribution in [0.4, 0.5) is 0 Å². The average Bonchev–Trinajstić information content (AvgIpc) is 2.99.